The molecule has 108 valence electrons. The second kappa shape index (κ2) is 5.83. The minimum atomic E-state index is -0.0393. The monoisotopic (exact) mass is 274 g/mol. The predicted molar refractivity (Wildman–Crippen MR) is 77.8 cm³/mol. The average molecular weight is 274 g/mol. The molecule has 4 nitrogen and oxygen atoms in total. The first-order valence-corrected chi connectivity index (χ1v) is 7.57. The standard InChI is InChI=1S/C16H22N2O2/c19-15-7-3-2-6-14(15)16(20)18-11-8-13(12-18)17-9-4-1-5-10-17/h2-3,6-7,13,19H,1,4-5,8-12H2. The van der Waals surface area contributed by atoms with Gasteiger partial charge < -0.3 is 10.0 Å². The summed E-state index contributed by atoms with van der Waals surface area (Å²) in [4.78, 5) is 16.9. The highest BCUT2D eigenvalue weighted by Crippen LogP contribution is 2.24. The lowest BCUT2D eigenvalue weighted by Crippen LogP contribution is -2.41. The quantitative estimate of drug-likeness (QED) is 0.898. The van der Waals surface area contributed by atoms with Gasteiger partial charge in [0, 0.05) is 19.1 Å². The van der Waals surface area contributed by atoms with Gasteiger partial charge in [-0.1, -0.05) is 18.6 Å². The number of carbonyl (C=O) groups is 1. The highest BCUT2D eigenvalue weighted by molar-refractivity contribution is 5.97. The maximum Gasteiger partial charge on any atom is 0.257 e. The van der Waals surface area contributed by atoms with Gasteiger partial charge in [-0.05, 0) is 44.5 Å². The molecule has 2 aliphatic rings. The molecule has 0 bridgehead atoms. The van der Waals surface area contributed by atoms with Crippen molar-refractivity contribution in [1.29, 1.82) is 0 Å². The maximum atomic E-state index is 12.4. The van der Waals surface area contributed by atoms with Crippen molar-refractivity contribution in [1.82, 2.24) is 9.80 Å². The second-order valence-electron chi connectivity index (χ2n) is 5.81. The van der Waals surface area contributed by atoms with Gasteiger partial charge in [0.25, 0.3) is 5.91 Å². The van der Waals surface area contributed by atoms with Crippen LogP contribution in [0.15, 0.2) is 24.3 Å². The molecule has 1 atom stereocenters. The van der Waals surface area contributed by atoms with Gasteiger partial charge in [-0.15, -0.1) is 0 Å². The van der Waals surface area contributed by atoms with Gasteiger partial charge in [0.2, 0.25) is 0 Å². The first kappa shape index (κ1) is 13.4. The van der Waals surface area contributed by atoms with Crippen LogP contribution < -0.4 is 0 Å². The van der Waals surface area contributed by atoms with Crippen LogP contribution in [-0.2, 0) is 0 Å². The molecule has 20 heavy (non-hydrogen) atoms. The van der Waals surface area contributed by atoms with Crippen LogP contribution in [0.5, 0.6) is 5.75 Å². The zero-order valence-corrected chi connectivity index (χ0v) is 11.8. The normalized spacial score (nSPS) is 24.0. The summed E-state index contributed by atoms with van der Waals surface area (Å²) in [6, 6.07) is 7.32. The Morgan fingerprint density at radius 2 is 1.85 bits per heavy atom. The lowest BCUT2D eigenvalue weighted by atomic mass is 10.1. The lowest BCUT2D eigenvalue weighted by molar-refractivity contribution is 0.0768. The van der Waals surface area contributed by atoms with Gasteiger partial charge in [-0.25, -0.2) is 0 Å². The number of piperidine rings is 1. The number of benzene rings is 1. The number of para-hydroxylation sites is 1. The number of rotatable bonds is 2. The lowest BCUT2D eigenvalue weighted by Gasteiger charge is -2.32. The van der Waals surface area contributed by atoms with Crippen molar-refractivity contribution < 1.29 is 9.90 Å². The summed E-state index contributed by atoms with van der Waals surface area (Å²) in [6.07, 6.45) is 4.96. The summed E-state index contributed by atoms with van der Waals surface area (Å²) in [7, 11) is 0. The van der Waals surface area contributed by atoms with Crippen LogP contribution in [0.2, 0.25) is 0 Å². The van der Waals surface area contributed by atoms with E-state index in [4.69, 9.17) is 0 Å². The number of aromatic hydroxyl groups is 1. The molecule has 2 heterocycles. The fraction of sp³-hybridized carbons (Fsp3) is 0.562. The number of hydrogen-bond acceptors (Lipinski definition) is 3. The topological polar surface area (TPSA) is 43.8 Å². The molecule has 0 aliphatic carbocycles. The SMILES string of the molecule is O=C(c1ccccc1O)N1CCC(N2CCCCC2)C1. The largest absolute Gasteiger partial charge is 0.507 e. The van der Waals surface area contributed by atoms with Crippen molar-refractivity contribution in [3.8, 4) is 5.75 Å². The average Bonchev–Trinajstić information content (AvgIpc) is 2.98. The molecule has 1 amide bonds. The van der Waals surface area contributed by atoms with E-state index >= 15 is 0 Å². The number of nitrogens with zero attached hydrogens (tertiary/aromatic N) is 2. The second-order valence-corrected chi connectivity index (χ2v) is 5.81. The number of carbonyl (C=O) groups excluding carboxylic acids is 1. The zero-order chi connectivity index (χ0) is 13.9. The Balaban J connectivity index is 1.65. The first-order valence-electron chi connectivity index (χ1n) is 7.57. The molecular formula is C16H22N2O2. The van der Waals surface area contributed by atoms with E-state index < -0.39 is 0 Å². The maximum absolute atomic E-state index is 12.4. The van der Waals surface area contributed by atoms with Crippen molar-refractivity contribution in [3.05, 3.63) is 29.8 Å². The van der Waals surface area contributed by atoms with E-state index in [2.05, 4.69) is 4.90 Å². The minimum absolute atomic E-state index is 0.0393. The highest BCUT2D eigenvalue weighted by atomic mass is 16.3. The summed E-state index contributed by atoms with van der Waals surface area (Å²) in [5, 5.41) is 9.80. The molecule has 1 N–H and O–H groups in total. The molecule has 0 radical (unpaired) electrons. The number of likely N-dealkylation sites (tertiary alicyclic amines) is 2. The molecule has 1 unspecified atom stereocenters. The Bertz CT molecular complexity index is 483. The van der Waals surface area contributed by atoms with Crippen LogP contribution >= 0.6 is 0 Å². The Hall–Kier alpha value is -1.55. The molecule has 0 spiro atoms. The molecule has 3 rings (SSSR count). The van der Waals surface area contributed by atoms with Crippen LogP contribution in [0.1, 0.15) is 36.0 Å². The summed E-state index contributed by atoms with van der Waals surface area (Å²) >= 11 is 0. The Labute approximate surface area is 120 Å². The molecule has 0 aromatic heterocycles. The van der Waals surface area contributed by atoms with Crippen molar-refractivity contribution in [2.75, 3.05) is 26.2 Å². The smallest absolute Gasteiger partial charge is 0.257 e. The van der Waals surface area contributed by atoms with E-state index in [1.54, 1.807) is 24.3 Å². The molecule has 1 aromatic carbocycles. The van der Waals surface area contributed by atoms with E-state index in [1.165, 1.54) is 32.4 Å². The number of phenols is 1. The van der Waals surface area contributed by atoms with Crippen LogP contribution in [0.25, 0.3) is 0 Å². The van der Waals surface area contributed by atoms with Crippen molar-refractivity contribution in [2.24, 2.45) is 0 Å². The van der Waals surface area contributed by atoms with Gasteiger partial charge in [0.1, 0.15) is 5.75 Å². The molecule has 2 saturated heterocycles. The van der Waals surface area contributed by atoms with E-state index in [1.807, 2.05) is 4.90 Å². The van der Waals surface area contributed by atoms with Gasteiger partial charge in [-0.3, -0.25) is 9.69 Å². The molecule has 0 saturated carbocycles. The molecule has 2 fully saturated rings. The summed E-state index contributed by atoms with van der Waals surface area (Å²) in [6.45, 7) is 3.94. The van der Waals surface area contributed by atoms with Crippen LogP contribution in [0.4, 0.5) is 0 Å². The Morgan fingerprint density at radius 3 is 2.60 bits per heavy atom. The summed E-state index contributed by atoms with van der Waals surface area (Å²) in [5.41, 5.74) is 0.423. The third-order valence-electron chi connectivity index (χ3n) is 4.49. The van der Waals surface area contributed by atoms with Gasteiger partial charge in [0.05, 0.1) is 5.56 Å². The first-order chi connectivity index (χ1) is 9.75. The van der Waals surface area contributed by atoms with E-state index in [0.29, 0.717) is 11.6 Å². The number of phenolic OH excluding ortho intramolecular Hbond substituents is 1. The molecule has 2 aliphatic heterocycles. The Kier molecular flexibility index (Phi) is 3.92. The van der Waals surface area contributed by atoms with Crippen LogP contribution in [-0.4, -0.2) is 53.0 Å². The third-order valence-corrected chi connectivity index (χ3v) is 4.49. The third kappa shape index (κ3) is 2.66. The minimum Gasteiger partial charge on any atom is -0.507 e. The Morgan fingerprint density at radius 1 is 1.10 bits per heavy atom. The van der Waals surface area contributed by atoms with Gasteiger partial charge in [0.15, 0.2) is 0 Å². The van der Waals surface area contributed by atoms with Crippen LogP contribution in [0, 0.1) is 0 Å². The van der Waals surface area contributed by atoms with Crippen molar-refractivity contribution >= 4 is 5.91 Å². The highest BCUT2D eigenvalue weighted by Gasteiger charge is 2.31. The van der Waals surface area contributed by atoms with E-state index in [9.17, 15) is 9.90 Å². The summed E-state index contributed by atoms with van der Waals surface area (Å²) in [5.74, 6) is 0.0431. The van der Waals surface area contributed by atoms with E-state index in [-0.39, 0.29) is 11.7 Å². The molecule has 4 heteroatoms. The zero-order valence-electron chi connectivity index (χ0n) is 11.8. The number of hydrogen-bond donors (Lipinski definition) is 1. The molecule has 1 aromatic rings. The predicted octanol–water partition coefficient (Wildman–Crippen LogP) is 2.09. The summed E-state index contributed by atoms with van der Waals surface area (Å²) < 4.78 is 0. The molecular weight excluding hydrogens is 252 g/mol. The fourth-order valence-electron chi connectivity index (χ4n) is 3.33. The van der Waals surface area contributed by atoms with Gasteiger partial charge in [-0.2, -0.15) is 0 Å². The van der Waals surface area contributed by atoms with Gasteiger partial charge >= 0.3 is 0 Å². The van der Waals surface area contributed by atoms with Crippen molar-refractivity contribution in [2.45, 2.75) is 31.7 Å². The van der Waals surface area contributed by atoms with Crippen molar-refractivity contribution in [3.63, 3.8) is 0 Å². The van der Waals surface area contributed by atoms with E-state index in [0.717, 1.165) is 19.5 Å². The number of amides is 1. The van der Waals surface area contributed by atoms with Crippen LogP contribution in [0.3, 0.4) is 0 Å². The fourth-order valence-corrected chi connectivity index (χ4v) is 3.33.